The summed E-state index contributed by atoms with van der Waals surface area (Å²) in [5, 5.41) is 0. The van der Waals surface area contributed by atoms with Crippen molar-refractivity contribution in [2.24, 2.45) is 11.3 Å². The molecule has 1 saturated heterocycles. The van der Waals surface area contributed by atoms with Crippen molar-refractivity contribution in [2.45, 2.75) is 27.2 Å². The molecule has 1 rings (SSSR count). The van der Waals surface area contributed by atoms with Crippen molar-refractivity contribution in [1.29, 1.82) is 0 Å². The Labute approximate surface area is 79.1 Å². The summed E-state index contributed by atoms with van der Waals surface area (Å²) in [5.74, 6) is 0.506. The second kappa shape index (κ2) is 3.48. The lowest BCUT2D eigenvalue weighted by atomic mass is 9.80. The van der Waals surface area contributed by atoms with Gasteiger partial charge in [-0.25, -0.2) is 0 Å². The minimum atomic E-state index is 0.118. The van der Waals surface area contributed by atoms with Crippen LogP contribution >= 0.6 is 0 Å². The average Bonchev–Trinajstić information content (AvgIpc) is 2.32. The van der Waals surface area contributed by atoms with Gasteiger partial charge in [0.25, 0.3) is 0 Å². The van der Waals surface area contributed by atoms with Crippen LogP contribution in [0.15, 0.2) is 0 Å². The fraction of sp³-hybridized carbons (Fsp3) is 0.800. The number of nitrogens with zero attached hydrogens (tertiary/aromatic N) is 1. The van der Waals surface area contributed by atoms with E-state index in [9.17, 15) is 9.59 Å². The van der Waals surface area contributed by atoms with E-state index >= 15 is 0 Å². The van der Waals surface area contributed by atoms with Crippen LogP contribution in [0.25, 0.3) is 0 Å². The molecule has 0 aromatic carbocycles. The third-order valence-electron chi connectivity index (χ3n) is 2.73. The van der Waals surface area contributed by atoms with Crippen LogP contribution in [-0.2, 0) is 9.59 Å². The number of carbonyl (C=O) groups excluding carboxylic acids is 2. The minimum Gasteiger partial charge on any atom is -0.335 e. The van der Waals surface area contributed by atoms with E-state index in [-0.39, 0.29) is 17.9 Å². The molecule has 1 fully saturated rings. The zero-order chi connectivity index (χ0) is 10.1. The molecule has 1 unspecified atom stereocenters. The van der Waals surface area contributed by atoms with Gasteiger partial charge in [0.1, 0.15) is 6.29 Å². The number of hydrogen-bond acceptors (Lipinski definition) is 2. The topological polar surface area (TPSA) is 37.4 Å². The van der Waals surface area contributed by atoms with E-state index in [1.54, 1.807) is 4.90 Å². The quantitative estimate of drug-likeness (QED) is 0.601. The van der Waals surface area contributed by atoms with Crippen molar-refractivity contribution in [3.63, 3.8) is 0 Å². The number of likely N-dealkylation sites (tertiary alicyclic amines) is 1. The van der Waals surface area contributed by atoms with Crippen LogP contribution in [0.1, 0.15) is 27.2 Å². The lowest BCUT2D eigenvalue weighted by Gasteiger charge is -2.25. The second-order valence-corrected chi connectivity index (χ2v) is 4.73. The first-order valence-corrected chi connectivity index (χ1v) is 4.66. The van der Waals surface area contributed by atoms with E-state index in [0.717, 1.165) is 12.8 Å². The minimum absolute atomic E-state index is 0.118. The van der Waals surface area contributed by atoms with Crippen LogP contribution in [0.3, 0.4) is 0 Å². The van der Waals surface area contributed by atoms with E-state index in [4.69, 9.17) is 0 Å². The van der Waals surface area contributed by atoms with Crippen LogP contribution in [0.4, 0.5) is 0 Å². The summed E-state index contributed by atoms with van der Waals surface area (Å²) in [6.07, 6.45) is 1.39. The van der Waals surface area contributed by atoms with Gasteiger partial charge in [0.2, 0.25) is 5.91 Å². The summed E-state index contributed by atoms with van der Waals surface area (Å²) in [6, 6.07) is 0. The summed E-state index contributed by atoms with van der Waals surface area (Å²) in [5.41, 5.74) is 0.160. The molecular formula is C10H17NO2. The highest BCUT2D eigenvalue weighted by atomic mass is 16.2. The summed E-state index contributed by atoms with van der Waals surface area (Å²) >= 11 is 0. The number of carbonyl (C=O) groups is 2. The molecule has 1 heterocycles. The first kappa shape index (κ1) is 10.2. The highest BCUT2D eigenvalue weighted by Crippen LogP contribution is 2.33. The lowest BCUT2D eigenvalue weighted by molar-refractivity contribution is -0.129. The van der Waals surface area contributed by atoms with Crippen LogP contribution < -0.4 is 0 Å². The molecule has 0 aliphatic carbocycles. The van der Waals surface area contributed by atoms with Crippen LogP contribution in [0, 0.1) is 11.3 Å². The predicted molar refractivity (Wildman–Crippen MR) is 50.2 cm³/mol. The Kier molecular flexibility index (Phi) is 2.74. The molecule has 0 spiro atoms. The van der Waals surface area contributed by atoms with E-state index in [1.165, 1.54) is 0 Å². The van der Waals surface area contributed by atoms with Gasteiger partial charge in [-0.3, -0.25) is 4.79 Å². The van der Waals surface area contributed by atoms with Gasteiger partial charge >= 0.3 is 0 Å². The maximum absolute atomic E-state index is 11.4. The Bertz CT molecular complexity index is 217. The van der Waals surface area contributed by atoms with Gasteiger partial charge in [-0.15, -0.1) is 0 Å². The highest BCUT2D eigenvalue weighted by molar-refractivity contribution is 5.80. The van der Waals surface area contributed by atoms with Gasteiger partial charge in [0.05, 0.1) is 6.54 Å². The smallest absolute Gasteiger partial charge is 0.223 e. The molecule has 1 aliphatic rings. The Morgan fingerprint density at radius 2 is 2.15 bits per heavy atom. The van der Waals surface area contributed by atoms with Gasteiger partial charge in [-0.05, 0) is 11.3 Å². The molecule has 0 radical (unpaired) electrons. The normalized spacial score (nSPS) is 23.8. The van der Waals surface area contributed by atoms with Gasteiger partial charge < -0.3 is 9.69 Å². The number of aldehydes is 1. The predicted octanol–water partition coefficient (Wildman–Crippen LogP) is 1.08. The van der Waals surface area contributed by atoms with Crippen LogP contribution in [0.5, 0.6) is 0 Å². The van der Waals surface area contributed by atoms with Crippen LogP contribution in [0.2, 0.25) is 0 Å². The van der Waals surface area contributed by atoms with E-state index < -0.39 is 0 Å². The third kappa shape index (κ3) is 2.29. The fourth-order valence-corrected chi connectivity index (χ4v) is 1.62. The zero-order valence-corrected chi connectivity index (χ0v) is 8.54. The molecule has 0 aromatic heterocycles. The molecule has 0 aromatic rings. The molecule has 13 heavy (non-hydrogen) atoms. The van der Waals surface area contributed by atoms with E-state index in [2.05, 4.69) is 20.8 Å². The van der Waals surface area contributed by atoms with Gasteiger partial charge in [-0.1, -0.05) is 20.8 Å². The SMILES string of the molecule is CC(C)(C)C1CC(=O)N(CC=O)C1. The number of rotatable bonds is 2. The average molecular weight is 183 g/mol. The maximum atomic E-state index is 11.4. The van der Waals surface area contributed by atoms with Gasteiger partial charge in [0.15, 0.2) is 0 Å². The molecular weight excluding hydrogens is 166 g/mol. The molecule has 0 saturated carbocycles. The van der Waals surface area contributed by atoms with Gasteiger partial charge in [-0.2, -0.15) is 0 Å². The summed E-state index contributed by atoms with van der Waals surface area (Å²) < 4.78 is 0. The van der Waals surface area contributed by atoms with Crippen molar-refractivity contribution >= 4 is 12.2 Å². The molecule has 1 aliphatic heterocycles. The van der Waals surface area contributed by atoms with Crippen molar-refractivity contribution in [3.05, 3.63) is 0 Å². The summed E-state index contributed by atoms with van der Waals surface area (Å²) in [4.78, 5) is 23.3. The first-order chi connectivity index (χ1) is 5.95. The fourth-order valence-electron chi connectivity index (χ4n) is 1.62. The van der Waals surface area contributed by atoms with E-state index in [0.29, 0.717) is 12.3 Å². The van der Waals surface area contributed by atoms with Gasteiger partial charge in [0, 0.05) is 13.0 Å². The lowest BCUT2D eigenvalue weighted by Crippen LogP contribution is -2.29. The Morgan fingerprint density at radius 3 is 2.54 bits per heavy atom. The molecule has 1 amide bonds. The second-order valence-electron chi connectivity index (χ2n) is 4.73. The van der Waals surface area contributed by atoms with Crippen molar-refractivity contribution < 1.29 is 9.59 Å². The monoisotopic (exact) mass is 183 g/mol. The standard InChI is InChI=1S/C10H17NO2/c1-10(2,3)8-6-9(13)11(7-8)4-5-12/h5,8H,4,6-7H2,1-3H3. The number of amides is 1. The Balaban J connectivity index is 2.60. The van der Waals surface area contributed by atoms with Crippen molar-refractivity contribution in [3.8, 4) is 0 Å². The molecule has 3 heteroatoms. The van der Waals surface area contributed by atoms with Crippen molar-refractivity contribution in [2.75, 3.05) is 13.1 Å². The molecule has 0 N–H and O–H groups in total. The van der Waals surface area contributed by atoms with Crippen LogP contribution in [-0.4, -0.2) is 30.2 Å². The molecule has 1 atom stereocenters. The zero-order valence-electron chi connectivity index (χ0n) is 8.54. The maximum Gasteiger partial charge on any atom is 0.223 e. The molecule has 0 bridgehead atoms. The largest absolute Gasteiger partial charge is 0.335 e. The molecule has 74 valence electrons. The Morgan fingerprint density at radius 1 is 1.54 bits per heavy atom. The summed E-state index contributed by atoms with van der Waals surface area (Å²) in [6.45, 7) is 7.40. The Hall–Kier alpha value is -0.860. The third-order valence-corrected chi connectivity index (χ3v) is 2.73. The first-order valence-electron chi connectivity index (χ1n) is 4.66. The number of hydrogen-bond donors (Lipinski definition) is 0. The highest BCUT2D eigenvalue weighted by Gasteiger charge is 2.36. The summed E-state index contributed by atoms with van der Waals surface area (Å²) in [7, 11) is 0. The molecule has 3 nitrogen and oxygen atoms in total. The van der Waals surface area contributed by atoms with Crippen molar-refractivity contribution in [1.82, 2.24) is 4.90 Å². The van der Waals surface area contributed by atoms with E-state index in [1.807, 2.05) is 0 Å².